The molecule has 0 aliphatic carbocycles. The van der Waals surface area contributed by atoms with Gasteiger partial charge in [0.25, 0.3) is 0 Å². The zero-order chi connectivity index (χ0) is 21.7. The van der Waals surface area contributed by atoms with Crippen molar-refractivity contribution in [2.75, 3.05) is 20.3 Å². The lowest BCUT2D eigenvalue weighted by Crippen LogP contribution is -2.17. The van der Waals surface area contributed by atoms with Crippen LogP contribution in [0.1, 0.15) is 49.4 Å². The van der Waals surface area contributed by atoms with Gasteiger partial charge in [0, 0.05) is 17.5 Å². The standard InChI is InChI=1S/C19H20N2O8/c1-5-28-19(24)17-11(3)20-10(2)16(17)14(22)9-29-15-7-6-12(18(23)27-4)8-13(15)21(25)26/h6-8,20H,5,9H2,1-4H3. The van der Waals surface area contributed by atoms with E-state index in [0.717, 1.165) is 13.2 Å². The van der Waals surface area contributed by atoms with Crippen molar-refractivity contribution in [2.45, 2.75) is 20.8 Å². The first-order chi connectivity index (χ1) is 13.7. The van der Waals surface area contributed by atoms with Gasteiger partial charge in [-0.2, -0.15) is 0 Å². The van der Waals surface area contributed by atoms with Crippen molar-refractivity contribution in [3.63, 3.8) is 0 Å². The Kier molecular flexibility index (Phi) is 6.71. The van der Waals surface area contributed by atoms with Crippen LogP contribution >= 0.6 is 0 Å². The van der Waals surface area contributed by atoms with Crippen LogP contribution in [0.15, 0.2) is 18.2 Å². The number of nitro benzene ring substituents is 1. The van der Waals surface area contributed by atoms with E-state index in [0.29, 0.717) is 11.4 Å². The lowest BCUT2D eigenvalue weighted by atomic mass is 10.1. The number of hydrogen-bond donors (Lipinski definition) is 1. The number of methoxy groups -OCH3 is 1. The summed E-state index contributed by atoms with van der Waals surface area (Å²) < 4.78 is 14.9. The Morgan fingerprint density at radius 2 is 1.76 bits per heavy atom. The van der Waals surface area contributed by atoms with Gasteiger partial charge in [0.2, 0.25) is 5.78 Å². The van der Waals surface area contributed by atoms with Crippen LogP contribution in [-0.2, 0) is 9.47 Å². The van der Waals surface area contributed by atoms with E-state index in [1.54, 1.807) is 20.8 Å². The average molecular weight is 404 g/mol. The molecule has 0 saturated heterocycles. The molecular weight excluding hydrogens is 384 g/mol. The number of esters is 2. The predicted octanol–water partition coefficient (Wildman–Crippen LogP) is 2.76. The molecule has 154 valence electrons. The van der Waals surface area contributed by atoms with Gasteiger partial charge in [0.15, 0.2) is 12.4 Å². The number of nitrogens with zero attached hydrogens (tertiary/aromatic N) is 1. The normalized spacial score (nSPS) is 10.3. The Morgan fingerprint density at radius 3 is 2.34 bits per heavy atom. The molecule has 0 radical (unpaired) electrons. The number of H-pyrrole nitrogens is 1. The Morgan fingerprint density at radius 1 is 1.10 bits per heavy atom. The minimum absolute atomic E-state index is 0.0282. The van der Waals surface area contributed by atoms with Gasteiger partial charge >= 0.3 is 17.6 Å². The smallest absolute Gasteiger partial charge is 0.340 e. The second-order valence-corrected chi connectivity index (χ2v) is 5.99. The second-order valence-electron chi connectivity index (χ2n) is 5.99. The molecule has 2 aromatic rings. The highest BCUT2D eigenvalue weighted by atomic mass is 16.6. The van der Waals surface area contributed by atoms with E-state index < -0.39 is 34.9 Å². The number of carbonyl (C=O) groups excluding carboxylic acids is 3. The summed E-state index contributed by atoms with van der Waals surface area (Å²) in [6.45, 7) is 4.49. The quantitative estimate of drug-likeness (QED) is 0.307. The van der Waals surface area contributed by atoms with E-state index in [-0.39, 0.29) is 29.0 Å². The van der Waals surface area contributed by atoms with Crippen molar-refractivity contribution in [2.24, 2.45) is 0 Å². The largest absolute Gasteiger partial charge is 0.478 e. The van der Waals surface area contributed by atoms with E-state index in [2.05, 4.69) is 9.72 Å². The van der Waals surface area contributed by atoms with Crippen molar-refractivity contribution in [3.05, 3.63) is 56.4 Å². The van der Waals surface area contributed by atoms with Gasteiger partial charge in [0.1, 0.15) is 0 Å². The summed E-state index contributed by atoms with van der Waals surface area (Å²) >= 11 is 0. The van der Waals surface area contributed by atoms with Crippen molar-refractivity contribution in [3.8, 4) is 5.75 Å². The second kappa shape index (κ2) is 9.00. The lowest BCUT2D eigenvalue weighted by Gasteiger charge is -2.09. The summed E-state index contributed by atoms with van der Waals surface area (Å²) in [6.07, 6.45) is 0. The monoisotopic (exact) mass is 404 g/mol. The molecule has 0 spiro atoms. The van der Waals surface area contributed by atoms with Gasteiger partial charge in [-0.3, -0.25) is 14.9 Å². The van der Waals surface area contributed by atoms with Gasteiger partial charge in [-0.25, -0.2) is 9.59 Å². The number of aromatic nitrogens is 1. The van der Waals surface area contributed by atoms with Crippen LogP contribution in [-0.4, -0.2) is 48.0 Å². The summed E-state index contributed by atoms with van der Waals surface area (Å²) in [5, 5.41) is 11.3. The SMILES string of the molecule is CCOC(=O)c1c(C)[nH]c(C)c1C(=O)COc1ccc(C(=O)OC)cc1[N+](=O)[O-]. The fraction of sp³-hybridized carbons (Fsp3) is 0.316. The number of aryl methyl sites for hydroxylation is 2. The number of nitrogens with one attached hydrogen (secondary N) is 1. The molecule has 0 amide bonds. The highest BCUT2D eigenvalue weighted by molar-refractivity contribution is 6.08. The summed E-state index contributed by atoms with van der Waals surface area (Å²) in [6, 6.07) is 3.49. The van der Waals surface area contributed by atoms with Crippen molar-refractivity contribution < 1.29 is 33.5 Å². The highest BCUT2D eigenvalue weighted by Crippen LogP contribution is 2.29. The van der Waals surface area contributed by atoms with Crippen LogP contribution in [0.3, 0.4) is 0 Å². The van der Waals surface area contributed by atoms with Gasteiger partial charge in [0.05, 0.1) is 35.3 Å². The topological polar surface area (TPSA) is 138 Å². The molecule has 1 aromatic carbocycles. The maximum absolute atomic E-state index is 12.7. The molecule has 2 rings (SSSR count). The Balaban J connectivity index is 2.29. The molecule has 0 fully saturated rings. The third kappa shape index (κ3) is 4.60. The fourth-order valence-corrected chi connectivity index (χ4v) is 2.83. The van der Waals surface area contributed by atoms with Gasteiger partial charge in [-0.15, -0.1) is 0 Å². The van der Waals surface area contributed by atoms with E-state index in [1.165, 1.54) is 12.1 Å². The summed E-state index contributed by atoms with van der Waals surface area (Å²) in [5.74, 6) is -2.14. The first-order valence-electron chi connectivity index (χ1n) is 8.60. The van der Waals surface area contributed by atoms with E-state index in [4.69, 9.17) is 9.47 Å². The molecule has 10 heteroatoms. The lowest BCUT2D eigenvalue weighted by molar-refractivity contribution is -0.385. The van der Waals surface area contributed by atoms with E-state index in [9.17, 15) is 24.5 Å². The van der Waals surface area contributed by atoms with Crippen molar-refractivity contribution in [1.29, 1.82) is 0 Å². The van der Waals surface area contributed by atoms with Crippen LogP contribution in [0.2, 0.25) is 0 Å². The number of Topliss-reactive ketones (excluding diaryl/α,β-unsaturated/α-hetero) is 1. The van der Waals surface area contributed by atoms with Crippen LogP contribution in [0, 0.1) is 24.0 Å². The Bertz CT molecular complexity index is 977. The molecule has 1 heterocycles. The molecule has 0 unspecified atom stereocenters. The highest BCUT2D eigenvalue weighted by Gasteiger charge is 2.26. The summed E-state index contributed by atoms with van der Waals surface area (Å²) in [7, 11) is 1.15. The minimum atomic E-state index is -0.742. The molecule has 29 heavy (non-hydrogen) atoms. The molecule has 1 aromatic heterocycles. The van der Waals surface area contributed by atoms with Gasteiger partial charge in [-0.05, 0) is 32.9 Å². The molecule has 0 saturated carbocycles. The van der Waals surface area contributed by atoms with Crippen molar-refractivity contribution >= 4 is 23.4 Å². The van der Waals surface area contributed by atoms with Crippen LogP contribution in [0.4, 0.5) is 5.69 Å². The minimum Gasteiger partial charge on any atom is -0.478 e. The predicted molar refractivity (Wildman–Crippen MR) is 100 cm³/mol. The first kappa shape index (κ1) is 21.6. The number of carbonyl (C=O) groups is 3. The number of benzene rings is 1. The third-order valence-corrected chi connectivity index (χ3v) is 4.07. The molecule has 0 bridgehead atoms. The van der Waals surface area contributed by atoms with E-state index >= 15 is 0 Å². The Labute approximate surface area is 165 Å². The molecule has 10 nitrogen and oxygen atoms in total. The number of aromatic amines is 1. The molecule has 0 atom stereocenters. The summed E-state index contributed by atoms with van der Waals surface area (Å²) in [4.78, 5) is 49.9. The average Bonchev–Trinajstić information content (AvgIpc) is 2.99. The zero-order valence-corrected chi connectivity index (χ0v) is 16.4. The molecular formula is C19H20N2O8. The number of hydrogen-bond acceptors (Lipinski definition) is 8. The molecule has 0 aliphatic rings. The fourth-order valence-electron chi connectivity index (χ4n) is 2.83. The maximum atomic E-state index is 12.7. The van der Waals surface area contributed by atoms with Crippen LogP contribution < -0.4 is 4.74 Å². The van der Waals surface area contributed by atoms with Gasteiger partial charge in [-0.1, -0.05) is 0 Å². The molecule has 1 N–H and O–H groups in total. The first-order valence-corrected chi connectivity index (χ1v) is 8.60. The molecule has 0 aliphatic heterocycles. The number of rotatable bonds is 8. The van der Waals surface area contributed by atoms with Crippen LogP contribution in [0.5, 0.6) is 5.75 Å². The zero-order valence-electron chi connectivity index (χ0n) is 16.4. The maximum Gasteiger partial charge on any atom is 0.340 e. The van der Waals surface area contributed by atoms with E-state index in [1.807, 2.05) is 0 Å². The number of nitro groups is 1. The third-order valence-electron chi connectivity index (χ3n) is 4.07. The van der Waals surface area contributed by atoms with Crippen molar-refractivity contribution in [1.82, 2.24) is 4.98 Å². The number of ether oxygens (including phenoxy) is 3. The Hall–Kier alpha value is -3.69. The number of ketones is 1. The van der Waals surface area contributed by atoms with Gasteiger partial charge < -0.3 is 19.2 Å². The summed E-state index contributed by atoms with van der Waals surface area (Å²) in [5.41, 5.74) is 0.614. The van der Waals surface area contributed by atoms with Crippen LogP contribution in [0.25, 0.3) is 0 Å².